The van der Waals surface area contributed by atoms with Gasteiger partial charge >= 0.3 is 16.2 Å². The third-order valence-electron chi connectivity index (χ3n) is 2.26. The number of aliphatic carboxylic acids is 1. The molecule has 0 atom stereocenters. The fourth-order valence-electron chi connectivity index (χ4n) is 1.28. The molecule has 7 nitrogen and oxygen atoms in total. The third kappa shape index (κ3) is 3.41. The number of carboxylic acid groups (broad SMARTS) is 1. The van der Waals surface area contributed by atoms with Gasteiger partial charge in [-0.25, -0.2) is 0 Å². The smallest absolute Gasteiger partial charge is 0.304 e. The van der Waals surface area contributed by atoms with Crippen LogP contribution >= 0.6 is 0 Å². The topological polar surface area (TPSA) is 87.2 Å². The molecule has 1 heterocycles. The molecular weight excluding hydrogens is 236 g/mol. The molecule has 8 heteroatoms. The summed E-state index contributed by atoms with van der Waals surface area (Å²) in [5, 5.41) is 8.47. The van der Waals surface area contributed by atoms with E-state index in [1.54, 1.807) is 0 Å². The Balaban J connectivity index is 2.57. The molecule has 0 aromatic rings. The van der Waals surface area contributed by atoms with Crippen molar-refractivity contribution in [2.75, 3.05) is 26.7 Å². The molecule has 1 saturated heterocycles. The molecule has 1 aliphatic rings. The van der Waals surface area contributed by atoms with Crippen LogP contribution in [0.1, 0.15) is 19.3 Å². The number of hydroxylamine groups is 1. The van der Waals surface area contributed by atoms with Crippen LogP contribution in [-0.2, 0) is 19.8 Å². The summed E-state index contributed by atoms with van der Waals surface area (Å²) in [5.74, 6) is -1.03. The van der Waals surface area contributed by atoms with Crippen LogP contribution in [0.3, 0.4) is 0 Å². The van der Waals surface area contributed by atoms with Crippen LogP contribution in [0, 0.1) is 0 Å². The second kappa shape index (κ2) is 5.58. The van der Waals surface area contributed by atoms with Crippen molar-refractivity contribution in [2.45, 2.75) is 19.3 Å². The Kier molecular flexibility index (Phi) is 4.66. The molecule has 1 fully saturated rings. The van der Waals surface area contributed by atoms with E-state index in [1.165, 1.54) is 7.05 Å². The van der Waals surface area contributed by atoms with E-state index in [1.807, 2.05) is 0 Å². The van der Waals surface area contributed by atoms with Gasteiger partial charge in [0.1, 0.15) is 0 Å². The van der Waals surface area contributed by atoms with Crippen LogP contribution in [0.2, 0.25) is 0 Å². The molecule has 16 heavy (non-hydrogen) atoms. The summed E-state index contributed by atoms with van der Waals surface area (Å²) in [7, 11) is -2.33. The Bertz CT molecular complexity index is 336. The highest BCUT2D eigenvalue weighted by molar-refractivity contribution is 7.86. The highest BCUT2D eigenvalue weighted by Crippen LogP contribution is 2.13. The minimum atomic E-state index is -3.68. The maximum Gasteiger partial charge on any atom is 0.304 e. The van der Waals surface area contributed by atoms with E-state index in [-0.39, 0.29) is 13.0 Å². The van der Waals surface area contributed by atoms with E-state index in [4.69, 9.17) is 9.94 Å². The van der Waals surface area contributed by atoms with Gasteiger partial charge in [-0.2, -0.15) is 12.7 Å². The lowest BCUT2D eigenvalue weighted by molar-refractivity contribution is -0.137. The Morgan fingerprint density at radius 2 is 2.19 bits per heavy atom. The van der Waals surface area contributed by atoms with Crippen molar-refractivity contribution in [3.05, 3.63) is 0 Å². The van der Waals surface area contributed by atoms with Gasteiger partial charge in [-0.1, -0.05) is 4.47 Å². The van der Waals surface area contributed by atoms with Gasteiger partial charge in [-0.15, -0.1) is 0 Å². The van der Waals surface area contributed by atoms with Gasteiger partial charge in [0.25, 0.3) is 0 Å². The number of rotatable bonds is 5. The van der Waals surface area contributed by atoms with Crippen LogP contribution in [0.15, 0.2) is 0 Å². The molecule has 1 rings (SSSR count). The normalized spacial score (nSPS) is 18.9. The lowest BCUT2D eigenvalue weighted by Crippen LogP contribution is -2.44. The van der Waals surface area contributed by atoms with Gasteiger partial charge in [0.05, 0.1) is 13.0 Å². The zero-order valence-corrected chi connectivity index (χ0v) is 9.94. The predicted octanol–water partition coefficient (Wildman–Crippen LogP) is -0.335. The van der Waals surface area contributed by atoms with Gasteiger partial charge < -0.3 is 5.11 Å². The van der Waals surface area contributed by atoms with Crippen molar-refractivity contribution < 1.29 is 23.2 Å². The lowest BCUT2D eigenvalue weighted by Gasteiger charge is -2.29. The number of carbonyl (C=O) groups is 1. The monoisotopic (exact) mass is 252 g/mol. The quantitative estimate of drug-likeness (QED) is 0.723. The largest absolute Gasteiger partial charge is 0.481 e. The van der Waals surface area contributed by atoms with Crippen molar-refractivity contribution in [3.63, 3.8) is 0 Å². The molecule has 1 N–H and O–H groups in total. The van der Waals surface area contributed by atoms with Crippen LogP contribution in [0.5, 0.6) is 0 Å². The van der Waals surface area contributed by atoms with Gasteiger partial charge in [-0.3, -0.25) is 9.63 Å². The van der Waals surface area contributed by atoms with Gasteiger partial charge in [0.15, 0.2) is 0 Å². The van der Waals surface area contributed by atoms with E-state index in [9.17, 15) is 13.2 Å². The van der Waals surface area contributed by atoms with Gasteiger partial charge in [-0.05, 0) is 12.8 Å². The van der Waals surface area contributed by atoms with Crippen molar-refractivity contribution >= 4 is 16.2 Å². The number of carboxylic acids is 1. The predicted molar refractivity (Wildman–Crippen MR) is 55.7 cm³/mol. The maximum absolute atomic E-state index is 11.8. The second-order valence-electron chi connectivity index (χ2n) is 3.54. The lowest BCUT2D eigenvalue weighted by atomic mass is 10.3. The average molecular weight is 252 g/mol. The number of hydrogen-bond donors (Lipinski definition) is 1. The van der Waals surface area contributed by atoms with Crippen LogP contribution in [-0.4, -0.2) is 55.0 Å². The van der Waals surface area contributed by atoms with Crippen molar-refractivity contribution in [1.82, 2.24) is 8.77 Å². The summed E-state index contributed by atoms with van der Waals surface area (Å²) < 4.78 is 25.6. The zero-order chi connectivity index (χ0) is 12.2. The molecule has 0 aromatic carbocycles. The molecule has 0 amide bonds. The second-order valence-corrected chi connectivity index (χ2v) is 5.47. The van der Waals surface area contributed by atoms with E-state index in [0.29, 0.717) is 13.2 Å². The van der Waals surface area contributed by atoms with Crippen LogP contribution in [0.4, 0.5) is 0 Å². The number of nitrogens with zero attached hydrogens (tertiary/aromatic N) is 2. The van der Waals surface area contributed by atoms with Crippen molar-refractivity contribution in [3.8, 4) is 0 Å². The summed E-state index contributed by atoms with van der Waals surface area (Å²) >= 11 is 0. The summed E-state index contributed by atoms with van der Waals surface area (Å²) in [5.41, 5.74) is 0. The van der Waals surface area contributed by atoms with E-state index in [0.717, 1.165) is 21.6 Å². The van der Waals surface area contributed by atoms with Crippen molar-refractivity contribution in [2.24, 2.45) is 0 Å². The highest BCUT2D eigenvalue weighted by Gasteiger charge is 2.29. The SMILES string of the molecule is CN(CCC(=O)O)S(=O)(=O)N1CCCCO1. The average Bonchev–Trinajstić information content (AvgIpc) is 2.27. The van der Waals surface area contributed by atoms with Gasteiger partial charge in [0, 0.05) is 20.1 Å². The summed E-state index contributed by atoms with van der Waals surface area (Å²) in [4.78, 5) is 15.4. The van der Waals surface area contributed by atoms with E-state index < -0.39 is 16.2 Å². The van der Waals surface area contributed by atoms with Crippen LogP contribution < -0.4 is 0 Å². The van der Waals surface area contributed by atoms with E-state index in [2.05, 4.69) is 0 Å². The first-order valence-corrected chi connectivity index (χ1v) is 6.43. The minimum absolute atomic E-state index is 0.0580. The molecule has 94 valence electrons. The minimum Gasteiger partial charge on any atom is -0.481 e. The fraction of sp³-hybridized carbons (Fsp3) is 0.875. The molecular formula is C8H16N2O5S. The Morgan fingerprint density at radius 3 is 2.69 bits per heavy atom. The van der Waals surface area contributed by atoms with Crippen LogP contribution in [0.25, 0.3) is 0 Å². The standard InChI is InChI=1S/C8H16N2O5S/c1-9(6-4-8(11)12)16(13,14)10-5-2-3-7-15-10/h2-7H2,1H3,(H,11,12). The molecule has 0 radical (unpaired) electrons. The summed E-state index contributed by atoms with van der Waals surface area (Å²) in [6.07, 6.45) is 1.38. The molecule has 0 saturated carbocycles. The molecule has 0 bridgehead atoms. The zero-order valence-electron chi connectivity index (χ0n) is 9.13. The Hall–Kier alpha value is -0.700. The Morgan fingerprint density at radius 1 is 1.50 bits per heavy atom. The molecule has 0 aromatic heterocycles. The van der Waals surface area contributed by atoms with E-state index >= 15 is 0 Å². The van der Waals surface area contributed by atoms with Crippen molar-refractivity contribution in [1.29, 1.82) is 0 Å². The fourth-order valence-corrected chi connectivity index (χ4v) is 2.48. The third-order valence-corrected chi connectivity index (χ3v) is 4.04. The Labute approximate surface area is 94.7 Å². The number of hydrogen-bond acceptors (Lipinski definition) is 4. The first-order valence-electron chi connectivity index (χ1n) is 5.03. The summed E-state index contributed by atoms with van der Waals surface area (Å²) in [6.45, 7) is 0.642. The molecule has 0 unspecified atom stereocenters. The first kappa shape index (κ1) is 13.4. The first-order chi connectivity index (χ1) is 7.44. The summed E-state index contributed by atoms with van der Waals surface area (Å²) in [6, 6.07) is 0. The highest BCUT2D eigenvalue weighted by atomic mass is 32.2. The molecule has 1 aliphatic heterocycles. The van der Waals surface area contributed by atoms with Gasteiger partial charge in [0.2, 0.25) is 0 Å². The molecule has 0 spiro atoms. The molecule has 0 aliphatic carbocycles. The maximum atomic E-state index is 11.8.